The van der Waals surface area contributed by atoms with Crippen LogP contribution in [-0.2, 0) is 11.8 Å². The Morgan fingerprint density at radius 3 is 2.37 bits per heavy atom. The van der Waals surface area contributed by atoms with Crippen LogP contribution in [0, 0.1) is 0 Å². The van der Waals surface area contributed by atoms with E-state index in [2.05, 4.69) is 31.2 Å². The van der Waals surface area contributed by atoms with Crippen LogP contribution in [0.15, 0.2) is 6.07 Å². The van der Waals surface area contributed by atoms with E-state index < -0.39 is 32.8 Å². The second-order valence-electron chi connectivity index (χ2n) is 6.54. The maximum absolute atomic E-state index is 11.7. The van der Waals surface area contributed by atoms with E-state index in [1.807, 2.05) is 38.6 Å². The molecule has 0 aliphatic rings. The Hall–Kier alpha value is -0.721. The molecule has 1 aromatic heterocycles. The Balaban J connectivity index is 2.71. The second-order valence-corrected chi connectivity index (χ2v) is 13.0. The van der Waals surface area contributed by atoms with Crippen LogP contribution in [-0.4, -0.2) is 42.6 Å². The van der Waals surface area contributed by atoms with Gasteiger partial charge in [0.15, 0.2) is 0 Å². The first-order valence-electron chi connectivity index (χ1n) is 6.28. The van der Waals surface area contributed by atoms with E-state index in [0.717, 1.165) is 0 Å². The van der Waals surface area contributed by atoms with Gasteiger partial charge in [-0.25, -0.2) is 0 Å². The number of carbonyl (C=O) groups is 1. The number of hydrogen-bond donors (Lipinski definition) is 1. The minimum atomic E-state index is -0.740. The van der Waals surface area contributed by atoms with E-state index in [-0.39, 0.29) is 0 Å². The molecule has 0 unspecified atom stereocenters. The summed E-state index contributed by atoms with van der Waals surface area (Å²) in [5.41, 5.74) is -0.496. The fourth-order valence-electron chi connectivity index (χ4n) is 1.44. The van der Waals surface area contributed by atoms with Gasteiger partial charge in [-0.3, -0.25) is 0 Å². The number of ether oxygens (including phenoxy) is 1. The number of anilines is 1. The zero-order valence-corrected chi connectivity index (χ0v) is 15.6. The van der Waals surface area contributed by atoms with Gasteiger partial charge in [-0.1, -0.05) is 0 Å². The van der Waals surface area contributed by atoms with E-state index in [1.54, 1.807) is 0 Å². The third kappa shape index (κ3) is 6.31. The van der Waals surface area contributed by atoms with E-state index in [9.17, 15) is 4.79 Å². The zero-order valence-electron chi connectivity index (χ0n) is 12.8. The van der Waals surface area contributed by atoms with Crippen molar-refractivity contribution >= 4 is 36.8 Å². The SMILES string of the molecule is Cn1nc(NC(=O)OC(C)(C)C)c[c]1[Sn][C](C)(C)C. The predicted octanol–water partition coefficient (Wildman–Crippen LogP) is 2.32. The van der Waals surface area contributed by atoms with Crippen molar-refractivity contribution in [1.29, 1.82) is 0 Å². The molecule has 0 bridgehead atoms. The van der Waals surface area contributed by atoms with Gasteiger partial charge in [0.25, 0.3) is 0 Å². The topological polar surface area (TPSA) is 56.2 Å². The third-order valence-corrected chi connectivity index (χ3v) is 6.22. The van der Waals surface area contributed by atoms with Gasteiger partial charge in [0.05, 0.1) is 0 Å². The molecular formula is C13H23N3O2Sn. The van der Waals surface area contributed by atoms with Gasteiger partial charge >= 0.3 is 125 Å². The van der Waals surface area contributed by atoms with Crippen molar-refractivity contribution in [3.05, 3.63) is 6.07 Å². The summed E-state index contributed by atoms with van der Waals surface area (Å²) in [6.07, 6.45) is -0.460. The van der Waals surface area contributed by atoms with Gasteiger partial charge in [-0.05, 0) is 0 Å². The summed E-state index contributed by atoms with van der Waals surface area (Å²) in [6, 6.07) is 1.96. The standard InChI is InChI=1S/C9H14N3O2.C4H9.Sn/c1-9(2,3)14-8(13)10-7-5-6-12(4)11-7;1-4(2)3;/h5H,1-4H3,(H,10,11,13);1-3H3;. The van der Waals surface area contributed by atoms with Gasteiger partial charge in [0.2, 0.25) is 0 Å². The number of nitrogens with zero attached hydrogens (tertiary/aromatic N) is 2. The first-order valence-corrected chi connectivity index (χ1v) is 9.14. The molecule has 2 radical (unpaired) electrons. The normalized spacial score (nSPS) is 12.4. The fraction of sp³-hybridized carbons (Fsp3) is 0.692. The van der Waals surface area contributed by atoms with Crippen molar-refractivity contribution in [2.45, 2.75) is 50.6 Å². The Bertz CT molecular complexity index is 455. The van der Waals surface area contributed by atoms with Crippen molar-refractivity contribution in [3.8, 4) is 0 Å². The molecule has 106 valence electrons. The Morgan fingerprint density at radius 2 is 1.89 bits per heavy atom. The van der Waals surface area contributed by atoms with E-state index in [1.165, 1.54) is 3.71 Å². The molecule has 1 N–H and O–H groups in total. The van der Waals surface area contributed by atoms with Crippen molar-refractivity contribution in [2.75, 3.05) is 5.32 Å². The molecule has 0 aromatic carbocycles. The molecule has 5 nitrogen and oxygen atoms in total. The van der Waals surface area contributed by atoms with Crippen LogP contribution < -0.4 is 9.03 Å². The summed E-state index contributed by atoms with van der Waals surface area (Å²) in [4.78, 5) is 11.7. The Morgan fingerprint density at radius 1 is 1.32 bits per heavy atom. The molecule has 1 amide bonds. The van der Waals surface area contributed by atoms with E-state index >= 15 is 0 Å². The molecule has 1 aromatic rings. The predicted molar refractivity (Wildman–Crippen MR) is 78.2 cm³/mol. The second kappa shape index (κ2) is 5.73. The number of carbonyl (C=O) groups excluding carboxylic acids is 1. The van der Waals surface area contributed by atoms with Crippen molar-refractivity contribution in [2.24, 2.45) is 7.05 Å². The van der Waals surface area contributed by atoms with Gasteiger partial charge in [0.1, 0.15) is 0 Å². The minimum absolute atomic E-state index is 0.348. The number of rotatable bonds is 2. The summed E-state index contributed by atoms with van der Waals surface area (Å²) < 4.78 is 8.67. The molecule has 1 heterocycles. The van der Waals surface area contributed by atoms with Crippen LogP contribution in [0.4, 0.5) is 10.6 Å². The first kappa shape index (κ1) is 16.3. The Kier molecular flexibility index (Phi) is 4.92. The molecule has 0 spiro atoms. The monoisotopic (exact) mass is 373 g/mol. The quantitative estimate of drug-likeness (QED) is 0.811. The summed E-state index contributed by atoms with van der Waals surface area (Å²) in [7, 11) is 1.92. The maximum atomic E-state index is 11.7. The van der Waals surface area contributed by atoms with Gasteiger partial charge in [-0.15, -0.1) is 0 Å². The number of aromatic nitrogens is 2. The molecule has 0 saturated carbocycles. The first-order chi connectivity index (χ1) is 8.46. The van der Waals surface area contributed by atoms with Gasteiger partial charge < -0.3 is 0 Å². The molecule has 0 atom stereocenters. The zero-order chi connectivity index (χ0) is 14.8. The number of nitrogens with one attached hydrogen (secondary N) is 1. The molecule has 0 saturated heterocycles. The molecular weight excluding hydrogens is 349 g/mol. The molecule has 6 heteroatoms. The van der Waals surface area contributed by atoms with E-state index in [4.69, 9.17) is 4.74 Å². The number of aryl methyl sites for hydroxylation is 1. The summed E-state index contributed by atoms with van der Waals surface area (Å²) >= 11 is -0.740. The van der Waals surface area contributed by atoms with Crippen LogP contribution in [0.2, 0.25) is 3.43 Å². The average Bonchev–Trinajstić information content (AvgIpc) is 2.39. The summed E-state index contributed by atoms with van der Waals surface area (Å²) in [5.74, 6) is 0.567. The molecule has 0 aliphatic carbocycles. The van der Waals surface area contributed by atoms with Crippen LogP contribution >= 0.6 is 0 Å². The van der Waals surface area contributed by atoms with E-state index in [0.29, 0.717) is 9.25 Å². The fourth-order valence-corrected chi connectivity index (χ4v) is 4.83. The third-order valence-electron chi connectivity index (χ3n) is 2.01. The molecule has 19 heavy (non-hydrogen) atoms. The van der Waals surface area contributed by atoms with Crippen molar-refractivity contribution in [3.63, 3.8) is 0 Å². The van der Waals surface area contributed by atoms with Gasteiger partial charge in [-0.2, -0.15) is 0 Å². The summed E-state index contributed by atoms with van der Waals surface area (Å²) in [5, 5.41) is 6.99. The van der Waals surface area contributed by atoms with Crippen LogP contribution in [0.5, 0.6) is 0 Å². The van der Waals surface area contributed by atoms with Crippen LogP contribution in [0.25, 0.3) is 0 Å². The molecule has 0 fully saturated rings. The van der Waals surface area contributed by atoms with Crippen LogP contribution in [0.3, 0.4) is 0 Å². The van der Waals surface area contributed by atoms with Crippen molar-refractivity contribution < 1.29 is 9.53 Å². The number of amides is 1. The summed E-state index contributed by atoms with van der Waals surface area (Å²) in [6.45, 7) is 12.2. The molecule has 1 rings (SSSR count). The average molecular weight is 372 g/mol. The Labute approximate surface area is 125 Å². The molecule has 0 aliphatic heterocycles. The van der Waals surface area contributed by atoms with Crippen LogP contribution in [0.1, 0.15) is 41.5 Å². The van der Waals surface area contributed by atoms with Crippen molar-refractivity contribution in [1.82, 2.24) is 9.78 Å². The van der Waals surface area contributed by atoms with Gasteiger partial charge in [0, 0.05) is 0 Å². The number of hydrogen-bond acceptors (Lipinski definition) is 3.